The van der Waals surface area contributed by atoms with Crippen molar-refractivity contribution in [2.75, 3.05) is 26.7 Å². The Morgan fingerprint density at radius 3 is 2.21 bits per heavy atom. The van der Waals surface area contributed by atoms with Crippen molar-refractivity contribution < 1.29 is 40.7 Å². The van der Waals surface area contributed by atoms with Gasteiger partial charge in [0.05, 0.1) is 39.3 Å². The standard InChI is InChI=1S/C32H28Cl2F6N4O3/c1-42(29(46)19-10-21(31(35,36)37)14-22(11-19)32(38,39)40)27-7-9-43(17-24(27)18-5-6-25(33)26(34)12-18)30(47)20-13-28(45)44(15-20)16-23-4-2-3-8-41-23/h2-6,8,10-12,14,20,24,27H,7,9,13,15-17H2,1H3/t20?,24-,27+/m0/s1. The predicted octanol–water partition coefficient (Wildman–Crippen LogP) is 6.93. The van der Waals surface area contributed by atoms with Crippen molar-refractivity contribution in [1.29, 1.82) is 0 Å². The molecule has 2 aliphatic heterocycles. The molecule has 2 aromatic carbocycles. The first kappa shape index (κ1) is 34.5. The van der Waals surface area contributed by atoms with Gasteiger partial charge in [-0.15, -0.1) is 0 Å². The summed E-state index contributed by atoms with van der Waals surface area (Å²) >= 11 is 12.4. The van der Waals surface area contributed by atoms with E-state index >= 15 is 0 Å². The first-order chi connectivity index (χ1) is 22.0. The smallest absolute Gasteiger partial charge is 0.342 e. The van der Waals surface area contributed by atoms with Crippen LogP contribution in [-0.4, -0.2) is 70.1 Å². The van der Waals surface area contributed by atoms with E-state index < -0.39 is 52.8 Å². The molecule has 1 unspecified atom stereocenters. The van der Waals surface area contributed by atoms with E-state index in [1.807, 2.05) is 0 Å². The molecule has 0 saturated carbocycles. The normalized spacial score (nSPS) is 20.4. The highest BCUT2D eigenvalue weighted by Crippen LogP contribution is 2.39. The van der Waals surface area contributed by atoms with Crippen molar-refractivity contribution in [3.63, 3.8) is 0 Å². The number of pyridine rings is 1. The molecule has 7 nitrogen and oxygen atoms in total. The van der Waals surface area contributed by atoms with Crippen molar-refractivity contribution in [3.05, 3.63) is 98.8 Å². The highest BCUT2D eigenvalue weighted by molar-refractivity contribution is 6.42. The minimum absolute atomic E-state index is 0.00148. The van der Waals surface area contributed by atoms with Gasteiger partial charge in [0, 0.05) is 56.8 Å². The molecule has 0 aliphatic carbocycles. The second kappa shape index (κ2) is 13.3. The average Bonchev–Trinajstić information content (AvgIpc) is 3.39. The van der Waals surface area contributed by atoms with E-state index in [-0.39, 0.29) is 66.9 Å². The fourth-order valence-electron chi connectivity index (χ4n) is 6.14. The van der Waals surface area contributed by atoms with Crippen LogP contribution < -0.4 is 0 Å². The van der Waals surface area contributed by atoms with Crippen LogP contribution in [0.2, 0.25) is 10.0 Å². The topological polar surface area (TPSA) is 73.8 Å². The second-order valence-electron chi connectivity index (χ2n) is 11.6. The molecule has 250 valence electrons. The number of aromatic nitrogens is 1. The third-order valence-corrected chi connectivity index (χ3v) is 9.29. The Hall–Kier alpha value is -3.84. The van der Waals surface area contributed by atoms with E-state index in [4.69, 9.17) is 23.2 Å². The van der Waals surface area contributed by atoms with E-state index in [0.717, 1.165) is 4.90 Å². The van der Waals surface area contributed by atoms with Gasteiger partial charge < -0.3 is 14.7 Å². The summed E-state index contributed by atoms with van der Waals surface area (Å²) in [6.07, 6.45) is -8.51. The van der Waals surface area contributed by atoms with Gasteiger partial charge in [-0.05, 0) is 54.4 Å². The number of likely N-dealkylation sites (N-methyl/N-ethyl adjacent to an activating group) is 1. The largest absolute Gasteiger partial charge is 0.416 e. The lowest BCUT2D eigenvalue weighted by Gasteiger charge is -2.43. The molecule has 3 atom stereocenters. The minimum atomic E-state index is -5.13. The summed E-state index contributed by atoms with van der Waals surface area (Å²) in [7, 11) is 1.30. The number of hydrogen-bond donors (Lipinski definition) is 0. The lowest BCUT2D eigenvalue weighted by atomic mass is 9.84. The monoisotopic (exact) mass is 700 g/mol. The van der Waals surface area contributed by atoms with Crippen LogP contribution in [0.1, 0.15) is 51.5 Å². The van der Waals surface area contributed by atoms with Crippen LogP contribution in [0, 0.1) is 5.92 Å². The number of nitrogens with zero attached hydrogens (tertiary/aromatic N) is 4. The minimum Gasteiger partial charge on any atom is -0.342 e. The highest BCUT2D eigenvalue weighted by Gasteiger charge is 2.43. The number of amides is 3. The third-order valence-electron chi connectivity index (χ3n) is 8.55. The molecule has 3 amide bonds. The van der Waals surface area contributed by atoms with Crippen molar-refractivity contribution in [1.82, 2.24) is 19.7 Å². The van der Waals surface area contributed by atoms with Gasteiger partial charge in [0.15, 0.2) is 0 Å². The van der Waals surface area contributed by atoms with Gasteiger partial charge in [-0.3, -0.25) is 19.4 Å². The van der Waals surface area contributed by atoms with Crippen molar-refractivity contribution >= 4 is 40.9 Å². The number of rotatable bonds is 6. The van der Waals surface area contributed by atoms with Crippen LogP contribution >= 0.6 is 23.2 Å². The summed E-state index contributed by atoms with van der Waals surface area (Å²) in [4.78, 5) is 48.5. The van der Waals surface area contributed by atoms with Gasteiger partial charge in [0.1, 0.15) is 0 Å². The molecule has 2 fully saturated rings. The molecule has 3 aromatic rings. The first-order valence-electron chi connectivity index (χ1n) is 14.5. The summed E-state index contributed by atoms with van der Waals surface area (Å²) in [5, 5.41) is 0.417. The zero-order valence-electron chi connectivity index (χ0n) is 24.8. The van der Waals surface area contributed by atoms with Gasteiger partial charge in [-0.25, -0.2) is 0 Å². The SMILES string of the molecule is CN(C(=O)c1cc(C(F)(F)F)cc(C(F)(F)F)c1)[C@@H]1CCN(C(=O)C2CC(=O)N(Cc3ccccn3)C2)C[C@H]1c1ccc(Cl)c(Cl)c1. The summed E-state index contributed by atoms with van der Waals surface area (Å²) in [5.74, 6) is -2.82. The second-order valence-corrected chi connectivity index (χ2v) is 12.4. The molecule has 0 radical (unpaired) electrons. The lowest BCUT2D eigenvalue weighted by Crippen LogP contribution is -2.53. The van der Waals surface area contributed by atoms with Crippen LogP contribution in [0.3, 0.4) is 0 Å². The van der Waals surface area contributed by atoms with Gasteiger partial charge in [-0.1, -0.05) is 35.3 Å². The summed E-state index contributed by atoms with van der Waals surface area (Å²) in [6, 6.07) is 10.0. The molecule has 2 aliphatic rings. The van der Waals surface area contributed by atoms with E-state index in [2.05, 4.69) is 4.98 Å². The quantitative estimate of drug-likeness (QED) is 0.262. The fourth-order valence-corrected chi connectivity index (χ4v) is 6.45. The molecular weight excluding hydrogens is 673 g/mol. The zero-order chi connectivity index (χ0) is 34.3. The van der Waals surface area contributed by atoms with Gasteiger partial charge in [-0.2, -0.15) is 26.3 Å². The molecule has 0 N–H and O–H groups in total. The van der Waals surface area contributed by atoms with Crippen LogP contribution in [-0.2, 0) is 28.5 Å². The average molecular weight is 701 g/mol. The van der Waals surface area contributed by atoms with Gasteiger partial charge in [0.2, 0.25) is 11.8 Å². The number of piperidine rings is 1. The molecule has 15 heteroatoms. The van der Waals surface area contributed by atoms with Crippen LogP contribution in [0.5, 0.6) is 0 Å². The van der Waals surface area contributed by atoms with Gasteiger partial charge >= 0.3 is 12.4 Å². The van der Waals surface area contributed by atoms with E-state index in [1.165, 1.54) is 13.1 Å². The lowest BCUT2D eigenvalue weighted by molar-refractivity contribution is -0.143. The number of alkyl halides is 6. The number of hydrogen-bond acceptors (Lipinski definition) is 4. The zero-order valence-corrected chi connectivity index (χ0v) is 26.3. The Morgan fingerprint density at radius 2 is 1.62 bits per heavy atom. The fraction of sp³-hybridized carbons (Fsp3) is 0.375. The maximum absolute atomic E-state index is 13.7. The van der Waals surface area contributed by atoms with Crippen molar-refractivity contribution in [2.45, 2.75) is 43.7 Å². The van der Waals surface area contributed by atoms with Crippen LogP contribution in [0.25, 0.3) is 0 Å². The number of halogens is 8. The number of likely N-dealkylation sites (tertiary alicyclic amines) is 2. The Labute approximate surface area is 276 Å². The van der Waals surface area contributed by atoms with Crippen molar-refractivity contribution in [2.24, 2.45) is 5.92 Å². The Bertz CT molecular complexity index is 1640. The number of carbonyl (C=O) groups is 3. The summed E-state index contributed by atoms with van der Waals surface area (Å²) in [6.45, 7) is 0.595. The highest BCUT2D eigenvalue weighted by atomic mass is 35.5. The number of carbonyl (C=O) groups excluding carboxylic acids is 3. The molecule has 47 heavy (non-hydrogen) atoms. The van der Waals surface area contributed by atoms with E-state index in [1.54, 1.807) is 46.3 Å². The van der Waals surface area contributed by atoms with Crippen LogP contribution in [0.15, 0.2) is 60.8 Å². The molecular formula is C32H28Cl2F6N4O3. The maximum atomic E-state index is 13.7. The molecule has 3 heterocycles. The van der Waals surface area contributed by atoms with E-state index in [9.17, 15) is 40.7 Å². The maximum Gasteiger partial charge on any atom is 0.416 e. The first-order valence-corrected chi connectivity index (χ1v) is 15.3. The molecule has 0 bridgehead atoms. The van der Waals surface area contributed by atoms with Gasteiger partial charge in [0.25, 0.3) is 5.91 Å². The molecule has 1 aromatic heterocycles. The van der Waals surface area contributed by atoms with Crippen LogP contribution in [0.4, 0.5) is 26.3 Å². The number of benzene rings is 2. The third kappa shape index (κ3) is 7.67. The Kier molecular flexibility index (Phi) is 9.79. The molecule has 5 rings (SSSR count). The predicted molar refractivity (Wildman–Crippen MR) is 160 cm³/mol. The van der Waals surface area contributed by atoms with E-state index in [0.29, 0.717) is 23.4 Å². The summed E-state index contributed by atoms with van der Waals surface area (Å²) in [5.41, 5.74) is -2.76. The molecule has 0 spiro atoms. The molecule has 2 saturated heterocycles. The Morgan fingerprint density at radius 1 is 0.936 bits per heavy atom. The summed E-state index contributed by atoms with van der Waals surface area (Å²) < 4.78 is 81.2. The Balaban J connectivity index is 1.40. The van der Waals surface area contributed by atoms with Crippen molar-refractivity contribution in [3.8, 4) is 0 Å².